The van der Waals surface area contributed by atoms with E-state index >= 15 is 0 Å². The molecule has 0 atom stereocenters. The van der Waals surface area contributed by atoms with Gasteiger partial charge < -0.3 is 19.1 Å². The molecule has 6 nitrogen and oxygen atoms in total. The summed E-state index contributed by atoms with van der Waals surface area (Å²) in [4.78, 5) is 18.8. The average Bonchev–Trinajstić information content (AvgIpc) is 3.22. The highest BCUT2D eigenvalue weighted by atomic mass is 32.1. The van der Waals surface area contributed by atoms with E-state index in [-0.39, 0.29) is 5.91 Å². The van der Waals surface area contributed by atoms with E-state index in [1.807, 2.05) is 49.4 Å². The number of hydrogen-bond acceptors (Lipinski definition) is 6. The van der Waals surface area contributed by atoms with Crippen LogP contribution in [0.4, 0.5) is 0 Å². The number of likely N-dealkylation sites (N-methyl/N-ethyl adjacent to an activating group) is 1. The second-order valence-corrected chi connectivity index (χ2v) is 7.36. The molecule has 0 saturated heterocycles. The lowest BCUT2D eigenvalue weighted by Gasteiger charge is -2.16. The Balaban J connectivity index is 1.62. The summed E-state index contributed by atoms with van der Waals surface area (Å²) in [6.45, 7) is 2.90. The van der Waals surface area contributed by atoms with Gasteiger partial charge in [0.2, 0.25) is 0 Å². The van der Waals surface area contributed by atoms with E-state index in [4.69, 9.17) is 14.2 Å². The third-order valence-corrected chi connectivity index (χ3v) is 5.28. The van der Waals surface area contributed by atoms with Crippen molar-refractivity contribution in [1.82, 2.24) is 9.88 Å². The number of aryl methyl sites for hydroxylation is 1. The zero-order chi connectivity index (χ0) is 20.8. The maximum absolute atomic E-state index is 12.7. The van der Waals surface area contributed by atoms with Crippen LogP contribution in [-0.2, 0) is 0 Å². The molecule has 0 aliphatic heterocycles. The number of carbonyl (C=O) groups is 1. The molecule has 0 N–H and O–H groups in total. The first kappa shape index (κ1) is 20.7. The topological polar surface area (TPSA) is 60.9 Å². The van der Waals surface area contributed by atoms with Crippen molar-refractivity contribution < 1.29 is 19.0 Å². The zero-order valence-electron chi connectivity index (χ0n) is 17.0. The maximum atomic E-state index is 12.7. The molecule has 0 aliphatic rings. The molecule has 3 aromatic rings. The van der Waals surface area contributed by atoms with Gasteiger partial charge in [-0.25, -0.2) is 4.98 Å². The molecule has 0 saturated carbocycles. The Labute approximate surface area is 174 Å². The fourth-order valence-corrected chi connectivity index (χ4v) is 3.57. The highest BCUT2D eigenvalue weighted by Crippen LogP contribution is 2.33. The summed E-state index contributed by atoms with van der Waals surface area (Å²) in [5.74, 6) is 1.94. The zero-order valence-corrected chi connectivity index (χ0v) is 17.8. The lowest BCUT2D eigenvalue weighted by atomic mass is 10.2. The first-order valence-corrected chi connectivity index (χ1v) is 10.0. The SMILES string of the molecule is COc1ccc(-c2nc(C(=O)N(C)CCOc3cccc(C)c3)cs2)cc1OC. The molecule has 0 aliphatic carbocycles. The Kier molecular flexibility index (Phi) is 6.72. The number of ether oxygens (including phenoxy) is 3. The average molecular weight is 413 g/mol. The van der Waals surface area contributed by atoms with Gasteiger partial charge in [0.1, 0.15) is 23.1 Å². The quantitative estimate of drug-likeness (QED) is 0.552. The Hall–Kier alpha value is -3.06. The number of thiazole rings is 1. The maximum Gasteiger partial charge on any atom is 0.273 e. The van der Waals surface area contributed by atoms with Crippen molar-refractivity contribution in [2.75, 3.05) is 34.4 Å². The highest BCUT2D eigenvalue weighted by Gasteiger charge is 2.17. The van der Waals surface area contributed by atoms with E-state index in [2.05, 4.69) is 4.98 Å². The molecule has 0 fully saturated rings. The van der Waals surface area contributed by atoms with Gasteiger partial charge >= 0.3 is 0 Å². The van der Waals surface area contributed by atoms with Gasteiger partial charge in [-0.3, -0.25) is 4.79 Å². The summed E-state index contributed by atoms with van der Waals surface area (Å²) in [6, 6.07) is 13.4. The Morgan fingerprint density at radius 1 is 1.10 bits per heavy atom. The Morgan fingerprint density at radius 3 is 2.62 bits per heavy atom. The summed E-state index contributed by atoms with van der Waals surface area (Å²) in [5.41, 5.74) is 2.42. The smallest absolute Gasteiger partial charge is 0.273 e. The van der Waals surface area contributed by atoms with Crippen LogP contribution < -0.4 is 14.2 Å². The lowest BCUT2D eigenvalue weighted by Crippen LogP contribution is -2.31. The third kappa shape index (κ3) is 5.06. The van der Waals surface area contributed by atoms with E-state index in [0.717, 1.165) is 21.9 Å². The largest absolute Gasteiger partial charge is 0.493 e. The minimum absolute atomic E-state index is 0.138. The number of nitrogens with zero attached hydrogens (tertiary/aromatic N) is 2. The monoisotopic (exact) mass is 412 g/mol. The van der Waals surface area contributed by atoms with Crippen molar-refractivity contribution in [3.05, 3.63) is 59.1 Å². The highest BCUT2D eigenvalue weighted by molar-refractivity contribution is 7.13. The number of aromatic nitrogens is 1. The molecule has 1 heterocycles. The number of benzene rings is 2. The summed E-state index contributed by atoms with van der Waals surface area (Å²) in [7, 11) is 4.93. The normalized spacial score (nSPS) is 10.5. The van der Waals surface area contributed by atoms with Crippen molar-refractivity contribution in [3.63, 3.8) is 0 Å². The van der Waals surface area contributed by atoms with Gasteiger partial charge in [0.25, 0.3) is 5.91 Å². The summed E-state index contributed by atoms with van der Waals surface area (Å²) < 4.78 is 16.3. The number of methoxy groups -OCH3 is 2. The molecule has 2 aromatic carbocycles. The molecular weight excluding hydrogens is 388 g/mol. The standard InChI is InChI=1S/C22H24N2O4S/c1-15-6-5-7-17(12-15)28-11-10-24(2)22(25)18-14-29-21(23-18)16-8-9-19(26-3)20(13-16)27-4/h5-9,12-14H,10-11H2,1-4H3. The van der Waals surface area contributed by atoms with Gasteiger partial charge in [0.05, 0.1) is 20.8 Å². The van der Waals surface area contributed by atoms with Crippen molar-refractivity contribution in [2.45, 2.75) is 6.92 Å². The predicted octanol–water partition coefficient (Wildman–Crippen LogP) is 4.29. The van der Waals surface area contributed by atoms with E-state index in [0.29, 0.717) is 30.3 Å². The fourth-order valence-electron chi connectivity index (χ4n) is 2.78. The van der Waals surface area contributed by atoms with E-state index in [9.17, 15) is 4.79 Å². The molecule has 1 aromatic heterocycles. The van der Waals surface area contributed by atoms with Gasteiger partial charge in [0.15, 0.2) is 11.5 Å². The number of rotatable bonds is 8. The summed E-state index contributed by atoms with van der Waals surface area (Å²) >= 11 is 1.42. The molecule has 3 rings (SSSR count). The van der Waals surface area contributed by atoms with E-state index in [1.54, 1.807) is 31.5 Å². The molecule has 152 valence electrons. The minimum Gasteiger partial charge on any atom is -0.493 e. The Morgan fingerprint density at radius 2 is 1.90 bits per heavy atom. The number of amides is 1. The van der Waals surface area contributed by atoms with Crippen LogP contribution in [0.15, 0.2) is 47.8 Å². The fraction of sp³-hybridized carbons (Fsp3) is 0.273. The van der Waals surface area contributed by atoms with E-state index in [1.165, 1.54) is 11.3 Å². The minimum atomic E-state index is -0.138. The van der Waals surface area contributed by atoms with Crippen LogP contribution in [0.1, 0.15) is 16.1 Å². The Bertz CT molecular complexity index is 986. The molecule has 0 spiro atoms. The van der Waals surface area contributed by atoms with Gasteiger partial charge in [-0.05, 0) is 42.8 Å². The predicted molar refractivity (Wildman–Crippen MR) is 114 cm³/mol. The van der Waals surface area contributed by atoms with Crippen LogP contribution >= 0.6 is 11.3 Å². The van der Waals surface area contributed by atoms with Crippen molar-refractivity contribution in [3.8, 4) is 27.8 Å². The van der Waals surface area contributed by atoms with Crippen molar-refractivity contribution in [1.29, 1.82) is 0 Å². The molecule has 0 radical (unpaired) electrons. The summed E-state index contributed by atoms with van der Waals surface area (Å²) in [5, 5.41) is 2.52. The second-order valence-electron chi connectivity index (χ2n) is 6.50. The van der Waals surface area contributed by atoms with Gasteiger partial charge in [-0.2, -0.15) is 0 Å². The van der Waals surface area contributed by atoms with Crippen LogP contribution in [0, 0.1) is 6.92 Å². The third-order valence-electron chi connectivity index (χ3n) is 4.39. The molecular formula is C22H24N2O4S. The van der Waals surface area contributed by atoms with Crippen molar-refractivity contribution >= 4 is 17.2 Å². The van der Waals surface area contributed by atoms with Crippen LogP contribution in [0.2, 0.25) is 0 Å². The molecule has 1 amide bonds. The van der Waals surface area contributed by atoms with Gasteiger partial charge in [0, 0.05) is 18.0 Å². The molecule has 0 unspecified atom stereocenters. The van der Waals surface area contributed by atoms with Gasteiger partial charge in [-0.1, -0.05) is 12.1 Å². The molecule has 29 heavy (non-hydrogen) atoms. The first-order valence-electron chi connectivity index (χ1n) is 9.14. The first-order chi connectivity index (χ1) is 14.0. The van der Waals surface area contributed by atoms with E-state index < -0.39 is 0 Å². The van der Waals surface area contributed by atoms with Gasteiger partial charge in [-0.15, -0.1) is 11.3 Å². The van der Waals surface area contributed by atoms with Crippen LogP contribution in [0.5, 0.6) is 17.2 Å². The number of hydrogen-bond donors (Lipinski definition) is 0. The second kappa shape index (κ2) is 9.43. The van der Waals surface area contributed by atoms with Crippen LogP contribution in [0.25, 0.3) is 10.6 Å². The lowest BCUT2D eigenvalue weighted by molar-refractivity contribution is 0.0769. The van der Waals surface area contributed by atoms with Crippen LogP contribution in [-0.4, -0.2) is 50.2 Å². The van der Waals surface area contributed by atoms with Crippen LogP contribution in [0.3, 0.4) is 0 Å². The summed E-state index contributed by atoms with van der Waals surface area (Å²) in [6.07, 6.45) is 0. The molecule has 7 heteroatoms. The molecule has 0 bridgehead atoms. The number of carbonyl (C=O) groups excluding carboxylic acids is 1. The van der Waals surface area contributed by atoms with Crippen molar-refractivity contribution in [2.24, 2.45) is 0 Å².